The van der Waals surface area contributed by atoms with Crippen LogP contribution in [0.25, 0.3) is 5.82 Å². The molecule has 0 unspecified atom stereocenters. The van der Waals surface area contributed by atoms with Crippen molar-refractivity contribution in [2.24, 2.45) is 0 Å². The van der Waals surface area contributed by atoms with Crippen LogP contribution in [0.15, 0.2) is 42.9 Å². The number of nitrogens with zero attached hydrogens (tertiary/aromatic N) is 3. The fourth-order valence-electron chi connectivity index (χ4n) is 3.89. The minimum Gasteiger partial charge on any atom is -0.381 e. The van der Waals surface area contributed by atoms with Crippen LogP contribution in [0, 0.1) is 0 Å². The van der Waals surface area contributed by atoms with E-state index in [-0.39, 0.29) is 11.9 Å². The largest absolute Gasteiger partial charge is 0.381 e. The zero-order chi connectivity index (χ0) is 17.8. The van der Waals surface area contributed by atoms with Crippen LogP contribution in [-0.2, 0) is 4.74 Å². The number of carbonyl (C=O) groups excluding carboxylic acids is 1. The van der Waals surface area contributed by atoms with Crippen molar-refractivity contribution in [2.45, 2.75) is 37.8 Å². The van der Waals surface area contributed by atoms with Crippen molar-refractivity contribution in [2.75, 3.05) is 26.3 Å². The summed E-state index contributed by atoms with van der Waals surface area (Å²) in [6, 6.07) is 8.54. The molecule has 0 spiro atoms. The van der Waals surface area contributed by atoms with Crippen LogP contribution in [-0.4, -0.2) is 58.7 Å². The van der Waals surface area contributed by atoms with Gasteiger partial charge < -0.3 is 19.5 Å². The lowest BCUT2D eigenvalue weighted by atomic mass is 9.99. The fourth-order valence-corrected chi connectivity index (χ4v) is 3.89. The molecule has 2 aromatic heterocycles. The molecule has 4 heterocycles. The number of hydrogen-bond donors (Lipinski definition) is 1. The van der Waals surface area contributed by atoms with Crippen LogP contribution >= 0.6 is 0 Å². The zero-order valence-electron chi connectivity index (χ0n) is 15.0. The van der Waals surface area contributed by atoms with Crippen molar-refractivity contribution < 1.29 is 9.53 Å². The van der Waals surface area contributed by atoms with Crippen molar-refractivity contribution in [3.8, 4) is 5.82 Å². The highest BCUT2D eigenvalue weighted by atomic mass is 16.5. The quantitative estimate of drug-likeness (QED) is 0.915. The Bertz CT molecular complexity index is 700. The van der Waals surface area contributed by atoms with Gasteiger partial charge in [0.1, 0.15) is 5.82 Å². The summed E-state index contributed by atoms with van der Waals surface area (Å²) in [5.41, 5.74) is 0.618. The minimum absolute atomic E-state index is 0.0268. The SMILES string of the molecule is O=C(NC1CCN(C2CCOCC2)CC1)c1ccc(-n2cccc2)nc1. The van der Waals surface area contributed by atoms with E-state index < -0.39 is 0 Å². The topological polar surface area (TPSA) is 59.4 Å². The van der Waals surface area contributed by atoms with Gasteiger partial charge in [-0.1, -0.05) is 0 Å². The fraction of sp³-hybridized carbons (Fsp3) is 0.500. The Morgan fingerprint density at radius 1 is 1.08 bits per heavy atom. The summed E-state index contributed by atoms with van der Waals surface area (Å²) < 4.78 is 7.38. The van der Waals surface area contributed by atoms with E-state index in [1.54, 1.807) is 6.20 Å². The van der Waals surface area contributed by atoms with Crippen LogP contribution in [0.3, 0.4) is 0 Å². The van der Waals surface area contributed by atoms with Gasteiger partial charge in [0.05, 0.1) is 5.56 Å². The number of carbonyl (C=O) groups is 1. The summed E-state index contributed by atoms with van der Waals surface area (Å²) in [7, 11) is 0. The summed E-state index contributed by atoms with van der Waals surface area (Å²) >= 11 is 0. The van der Waals surface area contributed by atoms with Gasteiger partial charge in [-0.3, -0.25) is 4.79 Å². The average Bonchev–Trinajstić information content (AvgIpc) is 3.24. The molecule has 2 saturated heterocycles. The maximum atomic E-state index is 12.5. The summed E-state index contributed by atoms with van der Waals surface area (Å²) in [5, 5.41) is 3.18. The van der Waals surface area contributed by atoms with Gasteiger partial charge in [0.25, 0.3) is 5.91 Å². The molecule has 0 aromatic carbocycles. The number of hydrogen-bond acceptors (Lipinski definition) is 4. The molecule has 2 aliphatic heterocycles. The van der Waals surface area contributed by atoms with E-state index in [4.69, 9.17) is 4.74 Å². The third kappa shape index (κ3) is 3.97. The average molecular weight is 354 g/mol. The van der Waals surface area contributed by atoms with Crippen LogP contribution in [0.4, 0.5) is 0 Å². The van der Waals surface area contributed by atoms with E-state index in [0.717, 1.165) is 57.8 Å². The van der Waals surface area contributed by atoms with Gasteiger partial charge in [0.15, 0.2) is 0 Å². The van der Waals surface area contributed by atoms with Gasteiger partial charge in [-0.25, -0.2) is 4.98 Å². The van der Waals surface area contributed by atoms with Crippen LogP contribution in [0.1, 0.15) is 36.0 Å². The van der Waals surface area contributed by atoms with Crippen molar-refractivity contribution in [3.63, 3.8) is 0 Å². The van der Waals surface area contributed by atoms with Gasteiger partial charge in [-0.15, -0.1) is 0 Å². The van der Waals surface area contributed by atoms with Gasteiger partial charge in [0.2, 0.25) is 0 Å². The monoisotopic (exact) mass is 354 g/mol. The molecule has 4 rings (SSSR count). The first kappa shape index (κ1) is 17.2. The molecule has 6 nitrogen and oxygen atoms in total. The lowest BCUT2D eigenvalue weighted by Gasteiger charge is -2.39. The third-order valence-electron chi connectivity index (χ3n) is 5.45. The second-order valence-corrected chi connectivity index (χ2v) is 7.12. The van der Waals surface area contributed by atoms with Crippen LogP contribution in [0.2, 0.25) is 0 Å². The molecule has 1 N–H and O–H groups in total. The molecule has 26 heavy (non-hydrogen) atoms. The number of pyridine rings is 1. The van der Waals surface area contributed by atoms with E-state index in [1.807, 2.05) is 41.2 Å². The Kier molecular flexibility index (Phi) is 5.32. The normalized spacial score (nSPS) is 20.2. The molecule has 6 heteroatoms. The lowest BCUT2D eigenvalue weighted by molar-refractivity contribution is 0.0238. The van der Waals surface area contributed by atoms with Gasteiger partial charge in [0, 0.05) is 57.0 Å². The first-order valence-corrected chi connectivity index (χ1v) is 9.51. The third-order valence-corrected chi connectivity index (χ3v) is 5.45. The number of ether oxygens (including phenoxy) is 1. The van der Waals surface area contributed by atoms with Crippen molar-refractivity contribution in [1.29, 1.82) is 0 Å². The zero-order valence-corrected chi connectivity index (χ0v) is 15.0. The molecule has 1 amide bonds. The van der Waals surface area contributed by atoms with Gasteiger partial charge in [-0.2, -0.15) is 0 Å². The number of aromatic nitrogens is 2. The number of likely N-dealkylation sites (tertiary alicyclic amines) is 1. The molecule has 138 valence electrons. The highest BCUT2D eigenvalue weighted by molar-refractivity contribution is 5.94. The van der Waals surface area contributed by atoms with Gasteiger partial charge >= 0.3 is 0 Å². The van der Waals surface area contributed by atoms with Crippen molar-refractivity contribution in [1.82, 2.24) is 19.8 Å². The van der Waals surface area contributed by atoms with E-state index in [1.165, 1.54) is 0 Å². The predicted molar refractivity (Wildman–Crippen MR) is 99.5 cm³/mol. The Balaban J connectivity index is 1.28. The van der Waals surface area contributed by atoms with Gasteiger partial charge in [-0.05, 0) is 49.9 Å². The number of rotatable bonds is 4. The van der Waals surface area contributed by atoms with E-state index >= 15 is 0 Å². The Labute approximate surface area is 154 Å². The van der Waals surface area contributed by atoms with Crippen molar-refractivity contribution in [3.05, 3.63) is 48.4 Å². The molecule has 0 bridgehead atoms. The second-order valence-electron chi connectivity index (χ2n) is 7.12. The summed E-state index contributed by atoms with van der Waals surface area (Å²) in [6.07, 6.45) is 9.83. The smallest absolute Gasteiger partial charge is 0.253 e. The highest BCUT2D eigenvalue weighted by Gasteiger charge is 2.27. The van der Waals surface area contributed by atoms with E-state index in [9.17, 15) is 4.79 Å². The first-order chi connectivity index (χ1) is 12.8. The first-order valence-electron chi connectivity index (χ1n) is 9.51. The molecule has 2 aliphatic rings. The Hall–Kier alpha value is -2.18. The highest BCUT2D eigenvalue weighted by Crippen LogP contribution is 2.20. The van der Waals surface area contributed by atoms with Crippen molar-refractivity contribution >= 4 is 5.91 Å². The number of piperidine rings is 1. The van der Waals surface area contributed by atoms with Crippen LogP contribution in [0.5, 0.6) is 0 Å². The Morgan fingerprint density at radius 2 is 1.81 bits per heavy atom. The number of nitrogens with one attached hydrogen (secondary N) is 1. The molecule has 0 aliphatic carbocycles. The van der Waals surface area contributed by atoms with E-state index in [2.05, 4.69) is 15.2 Å². The Morgan fingerprint density at radius 3 is 2.46 bits per heavy atom. The minimum atomic E-state index is -0.0268. The summed E-state index contributed by atoms with van der Waals surface area (Å²) in [5.74, 6) is 0.789. The second kappa shape index (κ2) is 8.01. The summed E-state index contributed by atoms with van der Waals surface area (Å²) in [6.45, 7) is 3.88. The molecule has 2 fully saturated rings. The molecule has 0 atom stereocenters. The number of amides is 1. The lowest BCUT2D eigenvalue weighted by Crippen LogP contribution is -2.49. The maximum absolute atomic E-state index is 12.5. The van der Waals surface area contributed by atoms with Crippen LogP contribution < -0.4 is 5.32 Å². The molecular formula is C20H26N4O2. The molecule has 0 saturated carbocycles. The standard InChI is InChI=1S/C20H26N4O2/c25-20(16-3-4-19(21-15-16)24-9-1-2-10-24)22-17-5-11-23(12-6-17)18-7-13-26-14-8-18/h1-4,9-10,15,17-18H,5-8,11-14H2,(H,22,25). The molecule has 2 aromatic rings. The molecule has 0 radical (unpaired) electrons. The predicted octanol–water partition coefficient (Wildman–Crippen LogP) is 2.25. The maximum Gasteiger partial charge on any atom is 0.253 e. The molecular weight excluding hydrogens is 328 g/mol. The van der Waals surface area contributed by atoms with E-state index in [0.29, 0.717) is 11.6 Å². The summed E-state index contributed by atoms with van der Waals surface area (Å²) in [4.78, 5) is 19.5.